The molecule has 0 saturated carbocycles. The Morgan fingerprint density at radius 2 is 1.56 bits per heavy atom. The average Bonchev–Trinajstić information content (AvgIpc) is 3.18. The van der Waals surface area contributed by atoms with Gasteiger partial charge in [0.1, 0.15) is 18.0 Å². The minimum absolute atomic E-state index is 0.759. The monoisotopic (exact) mass is 362 g/mol. The van der Waals surface area contributed by atoms with Crippen LogP contribution in [-0.4, -0.2) is 27.9 Å². The zero-order chi connectivity index (χ0) is 18.5. The average molecular weight is 362 g/mol. The van der Waals surface area contributed by atoms with E-state index >= 15 is 0 Å². The number of ether oxygens (including phenoxy) is 3. The number of nitrogens with one attached hydrogen (secondary N) is 1. The Morgan fingerprint density at radius 1 is 0.815 bits per heavy atom. The molecule has 0 radical (unpaired) electrons. The molecule has 0 spiro atoms. The molecule has 2 aliphatic heterocycles. The zero-order valence-electron chi connectivity index (χ0n) is 16.0. The standard InChI is InChI=1S/C23H23NO3/c1-25-15-6-7-16-17-9-14-5-4-8-24(14)13-21(17)20-12-23(27-3)22(26-2)11-19(20)18(16)10-15/h6-7,9-12H,4-5,8,13H2,1-3H3/p+1. The molecule has 0 amide bonds. The van der Waals surface area contributed by atoms with E-state index in [-0.39, 0.29) is 0 Å². The lowest BCUT2D eigenvalue weighted by molar-refractivity contribution is -0.865. The number of hydrogen-bond donors (Lipinski definition) is 1. The van der Waals surface area contributed by atoms with Gasteiger partial charge in [-0.25, -0.2) is 0 Å². The third kappa shape index (κ3) is 2.40. The van der Waals surface area contributed by atoms with Crippen LogP contribution in [0.4, 0.5) is 0 Å². The van der Waals surface area contributed by atoms with Gasteiger partial charge in [-0.15, -0.1) is 0 Å². The topological polar surface area (TPSA) is 32.1 Å². The third-order valence-corrected chi connectivity index (χ3v) is 6.07. The summed E-state index contributed by atoms with van der Waals surface area (Å²) in [5.74, 6) is 2.41. The maximum atomic E-state index is 5.61. The van der Waals surface area contributed by atoms with Gasteiger partial charge in [0.25, 0.3) is 0 Å². The minimum atomic E-state index is 0.759. The first-order valence-corrected chi connectivity index (χ1v) is 9.47. The molecule has 138 valence electrons. The lowest BCUT2D eigenvalue weighted by atomic mass is 9.88. The highest BCUT2D eigenvalue weighted by Crippen LogP contribution is 2.42. The molecule has 0 bridgehead atoms. The van der Waals surface area contributed by atoms with Crippen molar-refractivity contribution in [1.29, 1.82) is 0 Å². The van der Waals surface area contributed by atoms with Gasteiger partial charge in [-0.3, -0.25) is 0 Å². The van der Waals surface area contributed by atoms with Gasteiger partial charge in [-0.05, 0) is 51.4 Å². The summed E-state index contributed by atoms with van der Waals surface area (Å²) in [7, 11) is 5.10. The van der Waals surface area contributed by atoms with E-state index in [1.54, 1.807) is 31.9 Å². The molecule has 1 fully saturated rings. The van der Waals surface area contributed by atoms with Crippen LogP contribution in [0.2, 0.25) is 0 Å². The Bertz CT molecular complexity index is 1100. The van der Waals surface area contributed by atoms with Crippen LogP contribution in [0.25, 0.3) is 27.6 Å². The van der Waals surface area contributed by atoms with Gasteiger partial charge in [-0.1, -0.05) is 6.07 Å². The fraction of sp³-hybridized carbons (Fsp3) is 0.304. The van der Waals surface area contributed by atoms with E-state index in [0.29, 0.717) is 0 Å². The second kappa shape index (κ2) is 6.17. The number of allylic oxidation sites excluding steroid dienone is 1. The quantitative estimate of drug-likeness (QED) is 0.723. The van der Waals surface area contributed by atoms with Gasteiger partial charge in [0.2, 0.25) is 0 Å². The number of quaternary nitrogens is 1. The van der Waals surface area contributed by atoms with E-state index in [4.69, 9.17) is 14.2 Å². The molecule has 3 aromatic rings. The van der Waals surface area contributed by atoms with Crippen LogP contribution in [-0.2, 0) is 6.54 Å². The third-order valence-electron chi connectivity index (χ3n) is 6.07. The summed E-state index contributed by atoms with van der Waals surface area (Å²) in [6, 6.07) is 10.6. The normalized spacial score (nSPS) is 18.2. The highest BCUT2D eigenvalue weighted by molar-refractivity contribution is 6.14. The molecule has 4 nitrogen and oxygen atoms in total. The van der Waals surface area contributed by atoms with Crippen LogP contribution in [0.1, 0.15) is 24.0 Å². The summed E-state index contributed by atoms with van der Waals surface area (Å²) in [6.45, 7) is 2.26. The fourth-order valence-electron chi connectivity index (χ4n) is 4.72. The minimum Gasteiger partial charge on any atom is -0.497 e. The summed E-state index contributed by atoms with van der Waals surface area (Å²) >= 11 is 0. The van der Waals surface area contributed by atoms with Crippen molar-refractivity contribution in [2.45, 2.75) is 19.4 Å². The van der Waals surface area contributed by atoms with E-state index in [9.17, 15) is 0 Å². The lowest BCUT2D eigenvalue weighted by Gasteiger charge is -2.25. The van der Waals surface area contributed by atoms with Gasteiger partial charge in [-0.2, -0.15) is 0 Å². The molecule has 3 aromatic carbocycles. The van der Waals surface area contributed by atoms with Crippen LogP contribution < -0.4 is 19.1 Å². The number of benzene rings is 3. The van der Waals surface area contributed by atoms with Crippen molar-refractivity contribution in [2.75, 3.05) is 27.9 Å². The Labute approximate surface area is 158 Å². The van der Waals surface area contributed by atoms with E-state index in [2.05, 4.69) is 36.4 Å². The van der Waals surface area contributed by atoms with Crippen molar-refractivity contribution in [1.82, 2.24) is 0 Å². The summed E-state index contributed by atoms with van der Waals surface area (Å²) in [6.07, 6.45) is 4.90. The first-order valence-electron chi connectivity index (χ1n) is 9.47. The van der Waals surface area contributed by atoms with Crippen LogP contribution in [0.5, 0.6) is 17.2 Å². The van der Waals surface area contributed by atoms with Crippen LogP contribution >= 0.6 is 0 Å². The summed E-state index contributed by atoms with van der Waals surface area (Å²) in [4.78, 5) is 1.60. The lowest BCUT2D eigenvalue weighted by Crippen LogP contribution is -3.07. The maximum Gasteiger partial charge on any atom is 0.161 e. The number of methoxy groups -OCH3 is 3. The maximum absolute atomic E-state index is 5.61. The summed E-state index contributed by atoms with van der Waals surface area (Å²) in [5, 5.41) is 4.92. The Morgan fingerprint density at radius 3 is 2.30 bits per heavy atom. The SMILES string of the molecule is COc1ccc2c3c(c4cc(OC)c(OC)cc4c2c1)C[NH+]1CCCC1=C3. The molecule has 1 atom stereocenters. The van der Waals surface area contributed by atoms with Crippen molar-refractivity contribution in [2.24, 2.45) is 0 Å². The van der Waals surface area contributed by atoms with E-state index in [1.165, 1.54) is 52.1 Å². The predicted octanol–water partition coefficient (Wildman–Crippen LogP) is 3.55. The molecule has 0 aliphatic carbocycles. The predicted molar refractivity (Wildman–Crippen MR) is 108 cm³/mol. The molecule has 2 aliphatic rings. The number of hydrogen-bond acceptors (Lipinski definition) is 3. The van der Waals surface area contributed by atoms with E-state index in [0.717, 1.165) is 23.8 Å². The van der Waals surface area contributed by atoms with Crippen LogP contribution in [0, 0.1) is 0 Å². The van der Waals surface area contributed by atoms with Gasteiger partial charge in [0.05, 0.1) is 27.9 Å². The molecule has 0 aromatic heterocycles. The molecule has 1 N–H and O–H groups in total. The second-order valence-corrected chi connectivity index (χ2v) is 7.36. The Kier molecular flexibility index (Phi) is 3.76. The van der Waals surface area contributed by atoms with Crippen molar-refractivity contribution < 1.29 is 19.1 Å². The number of fused-ring (bicyclic) bond motifs is 7. The van der Waals surface area contributed by atoms with Gasteiger partial charge in [0, 0.05) is 24.5 Å². The Hall–Kier alpha value is -2.72. The molecular formula is C23H24NO3+. The second-order valence-electron chi connectivity index (χ2n) is 7.36. The molecule has 27 heavy (non-hydrogen) atoms. The molecule has 4 heteroatoms. The molecule has 1 saturated heterocycles. The van der Waals surface area contributed by atoms with Crippen LogP contribution in [0.3, 0.4) is 0 Å². The van der Waals surface area contributed by atoms with Gasteiger partial charge >= 0.3 is 0 Å². The smallest absolute Gasteiger partial charge is 0.161 e. The zero-order valence-corrected chi connectivity index (χ0v) is 16.0. The molecule has 5 rings (SSSR count). The molecule has 1 unspecified atom stereocenters. The highest BCUT2D eigenvalue weighted by Gasteiger charge is 2.30. The Balaban J connectivity index is 1.93. The largest absolute Gasteiger partial charge is 0.497 e. The fourth-order valence-corrected chi connectivity index (χ4v) is 4.72. The van der Waals surface area contributed by atoms with Crippen molar-refractivity contribution in [3.05, 3.63) is 47.2 Å². The summed E-state index contributed by atoms with van der Waals surface area (Å²) < 4.78 is 16.7. The first kappa shape index (κ1) is 16.5. The van der Waals surface area contributed by atoms with Crippen molar-refractivity contribution >= 4 is 27.6 Å². The van der Waals surface area contributed by atoms with E-state index < -0.39 is 0 Å². The highest BCUT2D eigenvalue weighted by atomic mass is 16.5. The van der Waals surface area contributed by atoms with E-state index in [1.807, 2.05) is 0 Å². The first-order chi connectivity index (χ1) is 13.2. The molecule has 2 heterocycles. The van der Waals surface area contributed by atoms with Crippen molar-refractivity contribution in [3.63, 3.8) is 0 Å². The van der Waals surface area contributed by atoms with Crippen molar-refractivity contribution in [3.8, 4) is 17.2 Å². The molecular weight excluding hydrogens is 338 g/mol. The van der Waals surface area contributed by atoms with Gasteiger partial charge in [0.15, 0.2) is 11.5 Å². The van der Waals surface area contributed by atoms with Gasteiger partial charge < -0.3 is 19.1 Å². The van der Waals surface area contributed by atoms with Crippen LogP contribution in [0.15, 0.2) is 36.0 Å². The number of rotatable bonds is 3. The summed E-state index contributed by atoms with van der Waals surface area (Å²) in [5.41, 5.74) is 4.30.